The SMILES string of the molecule is Cl.Cl.O=C(C1CCN(Cc2ccccc2)CC1)N1CC[C@@H]2CNC[C@@H]2CC1. The molecule has 6 heteroatoms. The van der Waals surface area contributed by atoms with Gasteiger partial charge in [0.25, 0.3) is 0 Å². The standard InChI is InChI=1S/C21H31N3O.2ClH/c25-21(24-12-8-19-14-22-15-20(19)9-13-24)18-6-10-23(11-7-18)16-17-4-2-1-3-5-17;;/h1-5,18-20,22H,6-16H2;2*1H/t19-,20+;;. The molecule has 0 saturated carbocycles. The minimum absolute atomic E-state index is 0. The first kappa shape index (κ1) is 22.5. The highest BCUT2D eigenvalue weighted by Crippen LogP contribution is 2.29. The summed E-state index contributed by atoms with van der Waals surface area (Å²) in [4.78, 5) is 17.7. The highest BCUT2D eigenvalue weighted by Gasteiger charge is 2.34. The van der Waals surface area contributed by atoms with E-state index >= 15 is 0 Å². The number of nitrogens with zero attached hydrogens (tertiary/aromatic N) is 2. The Morgan fingerprint density at radius 1 is 0.889 bits per heavy atom. The van der Waals surface area contributed by atoms with E-state index in [1.807, 2.05) is 0 Å². The molecule has 0 radical (unpaired) electrons. The smallest absolute Gasteiger partial charge is 0.225 e. The van der Waals surface area contributed by atoms with E-state index in [0.29, 0.717) is 5.91 Å². The van der Waals surface area contributed by atoms with E-state index in [9.17, 15) is 4.79 Å². The van der Waals surface area contributed by atoms with Crippen LogP contribution in [0, 0.1) is 17.8 Å². The summed E-state index contributed by atoms with van der Waals surface area (Å²) in [5.41, 5.74) is 1.37. The molecule has 152 valence electrons. The fourth-order valence-electron chi connectivity index (χ4n) is 4.88. The lowest BCUT2D eigenvalue weighted by atomic mass is 9.92. The average molecular weight is 414 g/mol. The number of benzene rings is 1. The van der Waals surface area contributed by atoms with E-state index in [1.165, 1.54) is 18.4 Å². The number of halogens is 2. The molecule has 0 bridgehead atoms. The number of likely N-dealkylation sites (tertiary alicyclic amines) is 2. The van der Waals surface area contributed by atoms with Crippen LogP contribution in [0.25, 0.3) is 0 Å². The van der Waals surface area contributed by atoms with Gasteiger partial charge in [0, 0.05) is 25.6 Å². The molecule has 3 aliphatic heterocycles. The highest BCUT2D eigenvalue weighted by atomic mass is 35.5. The van der Waals surface area contributed by atoms with Crippen LogP contribution >= 0.6 is 24.8 Å². The molecule has 3 fully saturated rings. The second kappa shape index (κ2) is 10.7. The van der Waals surface area contributed by atoms with Crippen molar-refractivity contribution in [3.05, 3.63) is 35.9 Å². The molecule has 1 amide bonds. The van der Waals surface area contributed by atoms with Crippen LogP contribution < -0.4 is 5.32 Å². The summed E-state index contributed by atoms with van der Waals surface area (Å²) in [6, 6.07) is 10.7. The number of rotatable bonds is 3. The molecule has 0 aromatic heterocycles. The van der Waals surface area contributed by atoms with Crippen molar-refractivity contribution in [3.63, 3.8) is 0 Å². The van der Waals surface area contributed by atoms with Gasteiger partial charge in [-0.2, -0.15) is 0 Å². The van der Waals surface area contributed by atoms with Gasteiger partial charge in [0.15, 0.2) is 0 Å². The monoisotopic (exact) mass is 413 g/mol. The van der Waals surface area contributed by atoms with Gasteiger partial charge in [-0.15, -0.1) is 24.8 Å². The maximum atomic E-state index is 13.0. The number of hydrogen-bond donors (Lipinski definition) is 1. The predicted molar refractivity (Wildman–Crippen MR) is 115 cm³/mol. The van der Waals surface area contributed by atoms with E-state index in [0.717, 1.165) is 70.5 Å². The lowest BCUT2D eigenvalue weighted by Crippen LogP contribution is -2.43. The van der Waals surface area contributed by atoms with Gasteiger partial charge in [-0.05, 0) is 69.3 Å². The molecule has 0 spiro atoms. The van der Waals surface area contributed by atoms with Crippen molar-refractivity contribution in [2.75, 3.05) is 39.3 Å². The molecule has 3 saturated heterocycles. The van der Waals surface area contributed by atoms with Crippen LogP contribution in [-0.2, 0) is 11.3 Å². The molecule has 1 N–H and O–H groups in total. The fraction of sp³-hybridized carbons (Fsp3) is 0.667. The number of carbonyl (C=O) groups is 1. The van der Waals surface area contributed by atoms with E-state index in [2.05, 4.69) is 45.4 Å². The van der Waals surface area contributed by atoms with Gasteiger partial charge in [0.1, 0.15) is 0 Å². The molecule has 4 nitrogen and oxygen atoms in total. The normalized spacial score (nSPS) is 26.4. The van der Waals surface area contributed by atoms with Crippen molar-refractivity contribution in [3.8, 4) is 0 Å². The van der Waals surface area contributed by atoms with Gasteiger partial charge in [0.2, 0.25) is 5.91 Å². The van der Waals surface area contributed by atoms with E-state index in [1.54, 1.807) is 0 Å². The summed E-state index contributed by atoms with van der Waals surface area (Å²) in [6.07, 6.45) is 4.43. The van der Waals surface area contributed by atoms with Gasteiger partial charge in [-0.1, -0.05) is 30.3 Å². The summed E-state index contributed by atoms with van der Waals surface area (Å²) >= 11 is 0. The molecular weight excluding hydrogens is 381 g/mol. The zero-order valence-electron chi connectivity index (χ0n) is 16.0. The van der Waals surface area contributed by atoms with Gasteiger partial charge in [0.05, 0.1) is 0 Å². The summed E-state index contributed by atoms with van der Waals surface area (Å²) < 4.78 is 0. The first-order valence-corrected chi connectivity index (χ1v) is 10.1. The van der Waals surface area contributed by atoms with Crippen LogP contribution in [0.2, 0.25) is 0 Å². The fourth-order valence-corrected chi connectivity index (χ4v) is 4.88. The van der Waals surface area contributed by atoms with Crippen LogP contribution in [0.5, 0.6) is 0 Å². The molecule has 27 heavy (non-hydrogen) atoms. The van der Waals surface area contributed by atoms with E-state index in [-0.39, 0.29) is 30.7 Å². The highest BCUT2D eigenvalue weighted by molar-refractivity contribution is 5.85. The second-order valence-electron chi connectivity index (χ2n) is 8.12. The van der Waals surface area contributed by atoms with Crippen LogP contribution in [0.1, 0.15) is 31.2 Å². The number of hydrogen-bond acceptors (Lipinski definition) is 3. The van der Waals surface area contributed by atoms with Gasteiger partial charge < -0.3 is 10.2 Å². The molecule has 0 aliphatic carbocycles. The third kappa shape index (κ3) is 5.60. The van der Waals surface area contributed by atoms with Crippen molar-refractivity contribution in [1.82, 2.24) is 15.1 Å². The molecule has 3 heterocycles. The molecule has 3 aliphatic rings. The van der Waals surface area contributed by atoms with Crippen molar-refractivity contribution in [2.45, 2.75) is 32.2 Å². The second-order valence-corrected chi connectivity index (χ2v) is 8.12. The summed E-state index contributed by atoms with van der Waals surface area (Å²) in [5, 5.41) is 3.52. The van der Waals surface area contributed by atoms with Gasteiger partial charge in [-0.3, -0.25) is 9.69 Å². The summed E-state index contributed by atoms with van der Waals surface area (Å²) in [6.45, 7) is 7.39. The summed E-state index contributed by atoms with van der Waals surface area (Å²) in [5.74, 6) is 2.28. The van der Waals surface area contributed by atoms with Crippen molar-refractivity contribution in [2.24, 2.45) is 17.8 Å². The molecular formula is C21H33Cl2N3O. The first-order chi connectivity index (χ1) is 12.3. The molecule has 1 aromatic rings. The molecule has 2 atom stereocenters. The van der Waals surface area contributed by atoms with Crippen LogP contribution in [0.3, 0.4) is 0 Å². The number of carbonyl (C=O) groups excluding carboxylic acids is 1. The van der Waals surface area contributed by atoms with Crippen LogP contribution in [0.15, 0.2) is 30.3 Å². The topological polar surface area (TPSA) is 35.6 Å². The number of piperidine rings is 1. The Morgan fingerprint density at radius 3 is 2.07 bits per heavy atom. The van der Waals surface area contributed by atoms with Gasteiger partial charge in [-0.25, -0.2) is 0 Å². The number of amides is 1. The molecule has 1 aromatic carbocycles. The Bertz CT molecular complexity index is 564. The molecule has 0 unspecified atom stereocenters. The Hall–Kier alpha value is -0.810. The van der Waals surface area contributed by atoms with Gasteiger partial charge >= 0.3 is 0 Å². The molecule has 4 rings (SSSR count). The van der Waals surface area contributed by atoms with Crippen molar-refractivity contribution in [1.29, 1.82) is 0 Å². The third-order valence-electron chi connectivity index (χ3n) is 6.52. The minimum atomic E-state index is 0. The predicted octanol–water partition coefficient (Wildman–Crippen LogP) is 3.20. The van der Waals surface area contributed by atoms with Crippen molar-refractivity contribution < 1.29 is 4.79 Å². The maximum absolute atomic E-state index is 13.0. The third-order valence-corrected chi connectivity index (χ3v) is 6.52. The zero-order chi connectivity index (χ0) is 17.1. The Morgan fingerprint density at radius 2 is 1.48 bits per heavy atom. The Balaban J connectivity index is 0.00000131. The lowest BCUT2D eigenvalue weighted by molar-refractivity contribution is -0.137. The van der Waals surface area contributed by atoms with Crippen LogP contribution in [0.4, 0.5) is 0 Å². The largest absolute Gasteiger partial charge is 0.342 e. The minimum Gasteiger partial charge on any atom is -0.342 e. The van der Waals surface area contributed by atoms with Crippen molar-refractivity contribution >= 4 is 30.7 Å². The van der Waals surface area contributed by atoms with E-state index < -0.39 is 0 Å². The first-order valence-electron chi connectivity index (χ1n) is 10.1. The Labute approximate surface area is 175 Å². The quantitative estimate of drug-likeness (QED) is 0.825. The van der Waals surface area contributed by atoms with E-state index in [4.69, 9.17) is 0 Å². The summed E-state index contributed by atoms with van der Waals surface area (Å²) in [7, 11) is 0. The number of fused-ring (bicyclic) bond motifs is 1. The maximum Gasteiger partial charge on any atom is 0.225 e. The lowest BCUT2D eigenvalue weighted by Gasteiger charge is -2.34. The number of nitrogens with one attached hydrogen (secondary N) is 1. The Kier molecular flexibility index (Phi) is 8.87. The zero-order valence-corrected chi connectivity index (χ0v) is 17.6. The average Bonchev–Trinajstić information content (AvgIpc) is 3.01. The van der Waals surface area contributed by atoms with Crippen LogP contribution in [-0.4, -0.2) is 55.0 Å².